The lowest BCUT2D eigenvalue weighted by molar-refractivity contribution is -0.134. The molecule has 2 aliphatic carbocycles. The van der Waals surface area contributed by atoms with E-state index in [1.54, 1.807) is 0 Å². The predicted molar refractivity (Wildman–Crippen MR) is 121 cm³/mol. The van der Waals surface area contributed by atoms with Gasteiger partial charge in [0.25, 0.3) is 0 Å². The van der Waals surface area contributed by atoms with Gasteiger partial charge in [-0.3, -0.25) is 4.79 Å². The normalized spacial score (nSPS) is 27.0. The van der Waals surface area contributed by atoms with Crippen LogP contribution in [-0.4, -0.2) is 5.97 Å². The molecule has 2 nitrogen and oxygen atoms in total. The van der Waals surface area contributed by atoms with Crippen LogP contribution in [0.5, 0.6) is 5.75 Å². The standard InChI is InChI=1S/C27H41FO2/c1-2-3-4-5-7-21-10-13-23(14-11-21)24-9-6-8-22(20-24)12-19-27(29)30-26-17-15-25(28)16-18-26/h15-18,21-24H,2-14,19-20H2,1H3/t21?,22?,23?,24-/m0/s1. The monoisotopic (exact) mass is 416 g/mol. The molecule has 0 radical (unpaired) electrons. The van der Waals surface area contributed by atoms with E-state index in [2.05, 4.69) is 6.92 Å². The van der Waals surface area contributed by atoms with Gasteiger partial charge in [-0.2, -0.15) is 0 Å². The van der Waals surface area contributed by atoms with Crippen LogP contribution in [0.25, 0.3) is 0 Å². The van der Waals surface area contributed by atoms with Crippen LogP contribution in [0.1, 0.15) is 103 Å². The van der Waals surface area contributed by atoms with Crippen molar-refractivity contribution in [2.24, 2.45) is 23.7 Å². The van der Waals surface area contributed by atoms with Crippen molar-refractivity contribution in [3.05, 3.63) is 30.1 Å². The van der Waals surface area contributed by atoms with E-state index in [4.69, 9.17) is 4.74 Å². The van der Waals surface area contributed by atoms with Crippen molar-refractivity contribution in [1.82, 2.24) is 0 Å². The van der Waals surface area contributed by atoms with Crippen molar-refractivity contribution < 1.29 is 13.9 Å². The van der Waals surface area contributed by atoms with Gasteiger partial charge >= 0.3 is 5.97 Å². The van der Waals surface area contributed by atoms with E-state index >= 15 is 0 Å². The highest BCUT2D eigenvalue weighted by atomic mass is 19.1. The molecule has 3 heteroatoms. The van der Waals surface area contributed by atoms with E-state index in [0.29, 0.717) is 18.1 Å². The van der Waals surface area contributed by atoms with Crippen LogP contribution in [0.15, 0.2) is 24.3 Å². The molecule has 2 saturated carbocycles. The first kappa shape index (κ1) is 23.3. The Morgan fingerprint density at radius 3 is 2.40 bits per heavy atom. The van der Waals surface area contributed by atoms with Gasteiger partial charge in [-0.05, 0) is 73.6 Å². The van der Waals surface area contributed by atoms with Gasteiger partial charge in [-0.25, -0.2) is 4.39 Å². The molecule has 0 spiro atoms. The first-order valence-corrected chi connectivity index (χ1v) is 12.6. The van der Waals surface area contributed by atoms with Gasteiger partial charge < -0.3 is 4.74 Å². The van der Waals surface area contributed by atoms with Gasteiger partial charge in [0.1, 0.15) is 11.6 Å². The molecule has 2 aliphatic rings. The molecule has 0 heterocycles. The molecule has 0 bridgehead atoms. The smallest absolute Gasteiger partial charge is 0.311 e. The third-order valence-electron chi connectivity index (χ3n) is 7.65. The number of ether oxygens (including phenoxy) is 1. The number of esters is 1. The molecule has 3 rings (SSSR count). The number of hydrogen-bond donors (Lipinski definition) is 0. The fourth-order valence-corrected chi connectivity index (χ4v) is 5.84. The second-order valence-corrected chi connectivity index (χ2v) is 9.89. The molecular weight excluding hydrogens is 375 g/mol. The van der Waals surface area contributed by atoms with Crippen LogP contribution in [0, 0.1) is 29.5 Å². The Morgan fingerprint density at radius 2 is 1.67 bits per heavy atom. The molecule has 30 heavy (non-hydrogen) atoms. The number of rotatable bonds is 10. The van der Waals surface area contributed by atoms with Gasteiger partial charge in [0.15, 0.2) is 0 Å². The fraction of sp³-hybridized carbons (Fsp3) is 0.741. The first-order valence-electron chi connectivity index (χ1n) is 12.6. The molecule has 0 aliphatic heterocycles. The molecule has 1 aromatic carbocycles. The van der Waals surface area contributed by atoms with Crippen molar-refractivity contribution in [1.29, 1.82) is 0 Å². The minimum atomic E-state index is -0.312. The fourth-order valence-electron chi connectivity index (χ4n) is 5.84. The first-order chi connectivity index (χ1) is 14.6. The topological polar surface area (TPSA) is 26.3 Å². The van der Waals surface area contributed by atoms with Crippen molar-refractivity contribution in [2.75, 3.05) is 0 Å². The largest absolute Gasteiger partial charge is 0.427 e. The highest BCUT2D eigenvalue weighted by Gasteiger charge is 2.31. The maximum atomic E-state index is 13.0. The number of unbranched alkanes of at least 4 members (excludes halogenated alkanes) is 3. The molecule has 0 aromatic heterocycles. The van der Waals surface area contributed by atoms with Crippen LogP contribution in [0.2, 0.25) is 0 Å². The summed E-state index contributed by atoms with van der Waals surface area (Å²) in [5.74, 6) is 3.38. The van der Waals surface area contributed by atoms with E-state index in [1.807, 2.05) is 0 Å². The molecule has 0 N–H and O–H groups in total. The van der Waals surface area contributed by atoms with Gasteiger partial charge in [-0.15, -0.1) is 0 Å². The summed E-state index contributed by atoms with van der Waals surface area (Å²) in [6, 6.07) is 5.69. The van der Waals surface area contributed by atoms with E-state index in [9.17, 15) is 9.18 Å². The van der Waals surface area contributed by atoms with Crippen molar-refractivity contribution in [3.8, 4) is 5.75 Å². The predicted octanol–water partition coefficient (Wildman–Crippen LogP) is 8.09. The maximum Gasteiger partial charge on any atom is 0.311 e. The molecule has 168 valence electrons. The number of hydrogen-bond acceptors (Lipinski definition) is 2. The Bertz CT molecular complexity index is 618. The zero-order valence-electron chi connectivity index (χ0n) is 18.9. The summed E-state index contributed by atoms with van der Waals surface area (Å²) in [6.07, 6.45) is 19.5. The van der Waals surface area contributed by atoms with Crippen LogP contribution in [0.3, 0.4) is 0 Å². The van der Waals surface area contributed by atoms with E-state index in [-0.39, 0.29) is 11.8 Å². The summed E-state index contributed by atoms with van der Waals surface area (Å²) in [4.78, 5) is 12.2. The Morgan fingerprint density at radius 1 is 0.900 bits per heavy atom. The maximum absolute atomic E-state index is 13.0. The van der Waals surface area contributed by atoms with Crippen molar-refractivity contribution in [2.45, 2.75) is 103 Å². The van der Waals surface area contributed by atoms with E-state index in [1.165, 1.54) is 108 Å². The Labute approximate surface area is 183 Å². The highest BCUT2D eigenvalue weighted by Crippen LogP contribution is 2.43. The van der Waals surface area contributed by atoms with Crippen LogP contribution in [0.4, 0.5) is 4.39 Å². The number of carbonyl (C=O) groups is 1. The van der Waals surface area contributed by atoms with Gasteiger partial charge in [-0.1, -0.05) is 71.1 Å². The molecule has 1 aromatic rings. The summed E-state index contributed by atoms with van der Waals surface area (Å²) in [6.45, 7) is 2.29. The van der Waals surface area contributed by atoms with Gasteiger partial charge in [0.2, 0.25) is 0 Å². The summed E-state index contributed by atoms with van der Waals surface area (Å²) >= 11 is 0. The SMILES string of the molecule is CCCCCCC1CCC([C@H]2CCCC(CCC(=O)Oc3ccc(F)cc3)C2)CC1. The van der Waals surface area contributed by atoms with Crippen molar-refractivity contribution in [3.63, 3.8) is 0 Å². The zero-order valence-corrected chi connectivity index (χ0v) is 18.9. The Balaban J connectivity index is 1.34. The Hall–Kier alpha value is -1.38. The average Bonchev–Trinajstić information content (AvgIpc) is 2.77. The summed E-state index contributed by atoms with van der Waals surface area (Å²) in [5, 5.41) is 0. The second kappa shape index (κ2) is 12.5. The summed E-state index contributed by atoms with van der Waals surface area (Å²) in [5.41, 5.74) is 0. The summed E-state index contributed by atoms with van der Waals surface area (Å²) < 4.78 is 18.3. The van der Waals surface area contributed by atoms with E-state index in [0.717, 1.165) is 24.2 Å². The molecule has 1 unspecified atom stereocenters. The quantitative estimate of drug-likeness (QED) is 0.219. The molecule has 2 atom stereocenters. The third kappa shape index (κ3) is 7.71. The molecule has 0 saturated heterocycles. The molecular formula is C27H41FO2. The zero-order chi connectivity index (χ0) is 21.2. The minimum absolute atomic E-state index is 0.188. The second-order valence-electron chi connectivity index (χ2n) is 9.89. The van der Waals surface area contributed by atoms with Gasteiger partial charge in [0, 0.05) is 6.42 Å². The van der Waals surface area contributed by atoms with E-state index < -0.39 is 0 Å². The molecule has 2 fully saturated rings. The number of carbonyl (C=O) groups excluding carboxylic acids is 1. The van der Waals surface area contributed by atoms with Crippen LogP contribution < -0.4 is 4.74 Å². The minimum Gasteiger partial charge on any atom is -0.427 e. The Kier molecular flexibility index (Phi) is 9.68. The van der Waals surface area contributed by atoms with Crippen LogP contribution >= 0.6 is 0 Å². The third-order valence-corrected chi connectivity index (χ3v) is 7.65. The summed E-state index contributed by atoms with van der Waals surface area (Å²) in [7, 11) is 0. The lowest BCUT2D eigenvalue weighted by atomic mass is 9.67. The van der Waals surface area contributed by atoms with Crippen LogP contribution in [-0.2, 0) is 4.79 Å². The average molecular weight is 417 g/mol. The number of halogens is 1. The lowest BCUT2D eigenvalue weighted by Crippen LogP contribution is -2.27. The van der Waals surface area contributed by atoms with Gasteiger partial charge in [0.05, 0.1) is 0 Å². The van der Waals surface area contributed by atoms with Crippen molar-refractivity contribution >= 4 is 5.97 Å². The number of benzene rings is 1. The highest BCUT2D eigenvalue weighted by molar-refractivity contribution is 5.72. The molecule has 0 amide bonds. The lowest BCUT2D eigenvalue weighted by Gasteiger charge is -2.38.